The van der Waals surface area contributed by atoms with Gasteiger partial charge in [-0.1, -0.05) is 30.3 Å². The topological polar surface area (TPSA) is 52.8 Å². The van der Waals surface area contributed by atoms with E-state index in [1.54, 1.807) is 13.3 Å². The van der Waals surface area contributed by atoms with Crippen LogP contribution in [-0.2, 0) is 13.0 Å². The number of benzene rings is 1. The molecular formula is C19H28N4O. The molecule has 0 fully saturated rings. The molecule has 0 bridgehead atoms. The molecule has 0 aliphatic carbocycles. The van der Waals surface area contributed by atoms with Crippen LogP contribution in [0, 0.1) is 0 Å². The van der Waals surface area contributed by atoms with Gasteiger partial charge in [0.05, 0.1) is 6.26 Å². The van der Waals surface area contributed by atoms with E-state index in [1.165, 1.54) is 5.56 Å². The minimum Gasteiger partial charge on any atom is -0.469 e. The zero-order valence-electron chi connectivity index (χ0n) is 14.7. The average Bonchev–Trinajstić information content (AvgIpc) is 3.11. The van der Waals surface area contributed by atoms with Crippen molar-refractivity contribution in [2.24, 2.45) is 4.99 Å². The van der Waals surface area contributed by atoms with Crippen molar-refractivity contribution in [3.8, 4) is 0 Å². The monoisotopic (exact) mass is 328 g/mol. The maximum absolute atomic E-state index is 5.32. The highest BCUT2D eigenvalue weighted by Crippen LogP contribution is 2.02. The third kappa shape index (κ3) is 6.87. The first-order valence-corrected chi connectivity index (χ1v) is 8.47. The summed E-state index contributed by atoms with van der Waals surface area (Å²) in [5.41, 5.74) is 1.35. The summed E-state index contributed by atoms with van der Waals surface area (Å²) in [7, 11) is 3.95. The van der Waals surface area contributed by atoms with Crippen LogP contribution in [0.4, 0.5) is 0 Å². The van der Waals surface area contributed by atoms with Gasteiger partial charge in [0.25, 0.3) is 0 Å². The van der Waals surface area contributed by atoms with Gasteiger partial charge in [-0.3, -0.25) is 4.99 Å². The Morgan fingerprint density at radius 1 is 1.08 bits per heavy atom. The number of nitrogens with one attached hydrogen (secondary N) is 2. The molecule has 5 heteroatoms. The maximum Gasteiger partial charge on any atom is 0.190 e. The molecule has 0 saturated carbocycles. The van der Waals surface area contributed by atoms with Crippen LogP contribution >= 0.6 is 0 Å². The molecule has 0 aliphatic rings. The van der Waals surface area contributed by atoms with Crippen molar-refractivity contribution in [1.29, 1.82) is 0 Å². The van der Waals surface area contributed by atoms with Crippen molar-refractivity contribution in [2.45, 2.75) is 19.4 Å². The van der Waals surface area contributed by atoms with E-state index in [9.17, 15) is 0 Å². The Bertz CT molecular complexity index is 581. The molecule has 0 radical (unpaired) electrons. The molecule has 2 rings (SSSR count). The lowest BCUT2D eigenvalue weighted by Crippen LogP contribution is -2.39. The first-order chi connectivity index (χ1) is 11.8. The summed E-state index contributed by atoms with van der Waals surface area (Å²) < 4.78 is 5.32. The first kappa shape index (κ1) is 18.1. The minimum absolute atomic E-state index is 0.807. The number of rotatable bonds is 9. The van der Waals surface area contributed by atoms with Gasteiger partial charge in [-0.05, 0) is 37.7 Å². The van der Waals surface area contributed by atoms with Gasteiger partial charge < -0.3 is 20.0 Å². The third-order valence-electron chi connectivity index (χ3n) is 3.77. The molecule has 0 atom stereocenters. The molecule has 1 aromatic carbocycles. The molecule has 5 nitrogen and oxygen atoms in total. The SMILES string of the molecule is CN=C(NCCCN(C)Cc1ccccc1)NCCc1ccco1. The molecule has 0 amide bonds. The summed E-state index contributed by atoms with van der Waals surface area (Å²) in [6.45, 7) is 3.74. The van der Waals surface area contributed by atoms with Crippen molar-refractivity contribution < 1.29 is 4.42 Å². The standard InChI is InChI=1S/C19H28N4O/c1-20-19(22-13-11-18-10-6-15-24-18)21-12-7-14-23(2)16-17-8-4-3-5-9-17/h3-6,8-10,15H,7,11-14,16H2,1-2H3,(H2,20,21,22). The second-order valence-corrected chi connectivity index (χ2v) is 5.83. The van der Waals surface area contributed by atoms with E-state index >= 15 is 0 Å². The van der Waals surface area contributed by atoms with E-state index in [-0.39, 0.29) is 0 Å². The number of guanidine groups is 1. The van der Waals surface area contributed by atoms with Gasteiger partial charge in [0.15, 0.2) is 5.96 Å². The van der Waals surface area contributed by atoms with Crippen molar-refractivity contribution >= 4 is 5.96 Å². The Hall–Kier alpha value is -2.27. The number of hydrogen-bond acceptors (Lipinski definition) is 3. The van der Waals surface area contributed by atoms with Crippen molar-refractivity contribution in [1.82, 2.24) is 15.5 Å². The quantitative estimate of drug-likeness (QED) is 0.422. The molecule has 1 heterocycles. The van der Waals surface area contributed by atoms with Crippen molar-refractivity contribution in [3.05, 3.63) is 60.1 Å². The van der Waals surface area contributed by atoms with E-state index in [2.05, 4.69) is 57.9 Å². The smallest absolute Gasteiger partial charge is 0.190 e. The summed E-state index contributed by atoms with van der Waals surface area (Å²) in [5.74, 6) is 1.83. The lowest BCUT2D eigenvalue weighted by atomic mass is 10.2. The fourth-order valence-corrected chi connectivity index (χ4v) is 2.51. The largest absolute Gasteiger partial charge is 0.469 e. The zero-order valence-corrected chi connectivity index (χ0v) is 14.7. The number of hydrogen-bond donors (Lipinski definition) is 2. The van der Waals surface area contributed by atoms with Crippen LogP contribution in [0.15, 0.2) is 58.1 Å². The van der Waals surface area contributed by atoms with Gasteiger partial charge in [0.1, 0.15) is 5.76 Å². The molecule has 0 saturated heterocycles. The second kappa shape index (κ2) is 10.5. The lowest BCUT2D eigenvalue weighted by Gasteiger charge is -2.17. The third-order valence-corrected chi connectivity index (χ3v) is 3.77. The molecule has 2 aromatic rings. The number of furan rings is 1. The summed E-state index contributed by atoms with van der Waals surface area (Å²) >= 11 is 0. The van der Waals surface area contributed by atoms with Crippen LogP contribution in [0.5, 0.6) is 0 Å². The van der Waals surface area contributed by atoms with Gasteiger partial charge in [-0.25, -0.2) is 0 Å². The Morgan fingerprint density at radius 3 is 2.58 bits per heavy atom. The Labute approximate surface area is 144 Å². The normalized spacial score (nSPS) is 11.7. The van der Waals surface area contributed by atoms with Gasteiger partial charge in [-0.15, -0.1) is 0 Å². The highest BCUT2D eigenvalue weighted by molar-refractivity contribution is 5.79. The van der Waals surface area contributed by atoms with E-state index in [1.807, 2.05) is 12.1 Å². The minimum atomic E-state index is 0.807. The van der Waals surface area contributed by atoms with Crippen molar-refractivity contribution in [2.75, 3.05) is 33.7 Å². The molecule has 0 spiro atoms. The van der Waals surface area contributed by atoms with Gasteiger partial charge in [0.2, 0.25) is 0 Å². The fourth-order valence-electron chi connectivity index (χ4n) is 2.51. The first-order valence-electron chi connectivity index (χ1n) is 8.47. The summed E-state index contributed by atoms with van der Waals surface area (Å²) in [4.78, 5) is 6.58. The van der Waals surface area contributed by atoms with Gasteiger partial charge >= 0.3 is 0 Å². The Balaban J connectivity index is 1.56. The summed E-state index contributed by atoms with van der Waals surface area (Å²) in [6.07, 6.45) is 3.63. The Kier molecular flexibility index (Phi) is 7.90. The number of aliphatic imine (C=N–C) groups is 1. The highest BCUT2D eigenvalue weighted by Gasteiger charge is 2.02. The molecule has 24 heavy (non-hydrogen) atoms. The van der Waals surface area contributed by atoms with E-state index in [4.69, 9.17) is 4.42 Å². The van der Waals surface area contributed by atoms with E-state index in [0.717, 1.165) is 50.7 Å². The van der Waals surface area contributed by atoms with E-state index < -0.39 is 0 Å². The summed E-state index contributed by atoms with van der Waals surface area (Å²) in [6, 6.07) is 14.5. The zero-order chi connectivity index (χ0) is 17.0. The molecule has 2 N–H and O–H groups in total. The van der Waals surface area contributed by atoms with Crippen LogP contribution in [0.2, 0.25) is 0 Å². The molecular weight excluding hydrogens is 300 g/mol. The molecule has 130 valence electrons. The second-order valence-electron chi connectivity index (χ2n) is 5.83. The van der Waals surface area contributed by atoms with Crippen molar-refractivity contribution in [3.63, 3.8) is 0 Å². The van der Waals surface area contributed by atoms with Crippen LogP contribution in [0.3, 0.4) is 0 Å². The van der Waals surface area contributed by atoms with Crippen LogP contribution in [-0.4, -0.2) is 44.6 Å². The van der Waals surface area contributed by atoms with Gasteiger partial charge in [-0.2, -0.15) is 0 Å². The van der Waals surface area contributed by atoms with Gasteiger partial charge in [0, 0.05) is 33.1 Å². The van der Waals surface area contributed by atoms with Crippen LogP contribution < -0.4 is 10.6 Å². The molecule has 0 unspecified atom stereocenters. The van der Waals surface area contributed by atoms with E-state index in [0.29, 0.717) is 0 Å². The molecule has 0 aliphatic heterocycles. The highest BCUT2D eigenvalue weighted by atomic mass is 16.3. The average molecular weight is 328 g/mol. The van der Waals surface area contributed by atoms with Crippen LogP contribution in [0.25, 0.3) is 0 Å². The predicted molar refractivity (Wildman–Crippen MR) is 99.2 cm³/mol. The predicted octanol–water partition coefficient (Wildman–Crippen LogP) is 2.51. The Morgan fingerprint density at radius 2 is 1.88 bits per heavy atom. The maximum atomic E-state index is 5.32. The molecule has 1 aromatic heterocycles. The fraction of sp³-hybridized carbons (Fsp3) is 0.421. The van der Waals surface area contributed by atoms with Crippen LogP contribution in [0.1, 0.15) is 17.7 Å². The summed E-state index contributed by atoms with van der Waals surface area (Å²) in [5, 5.41) is 6.65. The lowest BCUT2D eigenvalue weighted by molar-refractivity contribution is 0.322. The number of nitrogens with zero attached hydrogens (tertiary/aromatic N) is 2.